The van der Waals surface area contributed by atoms with E-state index >= 15 is 0 Å². The fraction of sp³-hybridized carbons (Fsp3) is 0.923. The molecule has 0 atom stereocenters. The number of nitrogens with one attached hydrogen (secondary N) is 1. The SMILES string of the molecule is CC1(C(=O)NC2(CO)CCC2)CCCCC1. The van der Waals surface area contributed by atoms with Gasteiger partial charge in [-0.25, -0.2) is 0 Å². The maximum absolute atomic E-state index is 12.3. The lowest BCUT2D eigenvalue weighted by atomic mass is 9.72. The zero-order valence-corrected chi connectivity index (χ0v) is 10.2. The highest BCUT2D eigenvalue weighted by Gasteiger charge is 2.42. The molecular weight excluding hydrogens is 202 g/mol. The van der Waals surface area contributed by atoms with Gasteiger partial charge in [-0.05, 0) is 32.1 Å². The lowest BCUT2D eigenvalue weighted by molar-refractivity contribution is -0.136. The summed E-state index contributed by atoms with van der Waals surface area (Å²) in [5.74, 6) is 0.168. The fourth-order valence-corrected chi connectivity index (χ4v) is 2.88. The minimum Gasteiger partial charge on any atom is -0.394 e. The molecule has 0 aromatic carbocycles. The van der Waals surface area contributed by atoms with Gasteiger partial charge in [-0.15, -0.1) is 0 Å². The van der Waals surface area contributed by atoms with Crippen LogP contribution in [0.4, 0.5) is 0 Å². The molecule has 2 aliphatic rings. The average Bonchev–Trinajstić information content (AvgIpc) is 2.24. The molecule has 0 aromatic heterocycles. The number of amides is 1. The van der Waals surface area contributed by atoms with Crippen molar-refractivity contribution in [2.75, 3.05) is 6.61 Å². The predicted molar refractivity (Wildman–Crippen MR) is 63.0 cm³/mol. The minimum atomic E-state index is -0.280. The first-order chi connectivity index (χ1) is 7.60. The van der Waals surface area contributed by atoms with Crippen molar-refractivity contribution >= 4 is 5.91 Å². The summed E-state index contributed by atoms with van der Waals surface area (Å²) >= 11 is 0. The molecule has 0 bridgehead atoms. The first-order valence-electron chi connectivity index (χ1n) is 6.54. The van der Waals surface area contributed by atoms with E-state index in [9.17, 15) is 9.90 Å². The standard InChI is InChI=1S/C13H23NO2/c1-12(6-3-2-4-7-12)11(16)14-13(10-15)8-5-9-13/h15H,2-10H2,1H3,(H,14,16). The third-order valence-corrected chi connectivity index (χ3v) is 4.50. The second-order valence-electron chi connectivity index (χ2n) is 5.87. The van der Waals surface area contributed by atoms with E-state index < -0.39 is 0 Å². The van der Waals surface area contributed by atoms with Crippen molar-refractivity contribution in [1.29, 1.82) is 0 Å². The zero-order chi connectivity index (χ0) is 11.6. The number of rotatable bonds is 3. The molecule has 0 aromatic rings. The maximum atomic E-state index is 12.3. The summed E-state index contributed by atoms with van der Waals surface area (Å²) in [5.41, 5.74) is -0.465. The molecule has 16 heavy (non-hydrogen) atoms. The average molecular weight is 225 g/mol. The zero-order valence-electron chi connectivity index (χ0n) is 10.2. The Labute approximate surface area is 97.6 Å². The molecule has 0 radical (unpaired) electrons. The highest BCUT2D eigenvalue weighted by molar-refractivity contribution is 5.83. The molecule has 3 heteroatoms. The fourth-order valence-electron chi connectivity index (χ4n) is 2.88. The number of hydrogen-bond acceptors (Lipinski definition) is 2. The number of carbonyl (C=O) groups excluding carboxylic acids is 1. The van der Waals surface area contributed by atoms with E-state index in [1.165, 1.54) is 6.42 Å². The van der Waals surface area contributed by atoms with Crippen LogP contribution in [0, 0.1) is 5.41 Å². The normalized spacial score (nSPS) is 26.9. The second-order valence-corrected chi connectivity index (χ2v) is 5.87. The molecule has 92 valence electrons. The van der Waals surface area contributed by atoms with Crippen molar-refractivity contribution in [1.82, 2.24) is 5.32 Å². The van der Waals surface area contributed by atoms with Crippen molar-refractivity contribution in [2.24, 2.45) is 5.41 Å². The third-order valence-electron chi connectivity index (χ3n) is 4.50. The Kier molecular flexibility index (Phi) is 3.24. The van der Waals surface area contributed by atoms with Gasteiger partial charge in [0.05, 0.1) is 12.1 Å². The van der Waals surface area contributed by atoms with Crippen molar-refractivity contribution < 1.29 is 9.90 Å². The molecule has 2 fully saturated rings. The molecule has 3 nitrogen and oxygen atoms in total. The van der Waals surface area contributed by atoms with Crippen LogP contribution in [0.25, 0.3) is 0 Å². The number of aliphatic hydroxyl groups is 1. The Hall–Kier alpha value is -0.570. The van der Waals surface area contributed by atoms with Gasteiger partial charge in [0.15, 0.2) is 0 Å². The number of carbonyl (C=O) groups is 1. The van der Waals surface area contributed by atoms with Gasteiger partial charge in [0.25, 0.3) is 0 Å². The molecule has 1 amide bonds. The topological polar surface area (TPSA) is 49.3 Å². The van der Waals surface area contributed by atoms with E-state index in [1.807, 2.05) is 0 Å². The summed E-state index contributed by atoms with van der Waals surface area (Å²) in [6.07, 6.45) is 8.58. The molecule has 2 saturated carbocycles. The van der Waals surface area contributed by atoms with Crippen LogP contribution < -0.4 is 5.32 Å². The van der Waals surface area contributed by atoms with E-state index in [4.69, 9.17) is 0 Å². The molecule has 0 saturated heterocycles. The number of hydrogen-bond donors (Lipinski definition) is 2. The van der Waals surface area contributed by atoms with E-state index in [0.29, 0.717) is 0 Å². The highest BCUT2D eigenvalue weighted by atomic mass is 16.3. The largest absolute Gasteiger partial charge is 0.394 e. The smallest absolute Gasteiger partial charge is 0.226 e. The van der Waals surface area contributed by atoms with Crippen molar-refractivity contribution in [3.8, 4) is 0 Å². The summed E-state index contributed by atoms with van der Waals surface area (Å²) in [5, 5.41) is 12.5. The van der Waals surface area contributed by atoms with Gasteiger partial charge in [-0.1, -0.05) is 26.2 Å². The van der Waals surface area contributed by atoms with Crippen LogP contribution in [0.2, 0.25) is 0 Å². The van der Waals surface area contributed by atoms with Gasteiger partial charge in [-0.2, -0.15) is 0 Å². The molecule has 2 aliphatic carbocycles. The predicted octanol–water partition coefficient (Wildman–Crippen LogP) is 1.99. The van der Waals surface area contributed by atoms with Gasteiger partial charge >= 0.3 is 0 Å². The summed E-state index contributed by atoms with van der Waals surface area (Å²) in [7, 11) is 0. The van der Waals surface area contributed by atoms with E-state index in [1.54, 1.807) is 0 Å². The Morgan fingerprint density at radius 3 is 2.19 bits per heavy atom. The van der Waals surface area contributed by atoms with Gasteiger partial charge in [0.2, 0.25) is 5.91 Å². The monoisotopic (exact) mass is 225 g/mol. The van der Waals surface area contributed by atoms with E-state index in [-0.39, 0.29) is 23.5 Å². The molecule has 0 spiro atoms. The number of aliphatic hydroxyl groups excluding tert-OH is 1. The highest BCUT2D eigenvalue weighted by Crippen LogP contribution is 2.38. The Balaban J connectivity index is 1.96. The van der Waals surface area contributed by atoms with Crippen LogP contribution in [0.5, 0.6) is 0 Å². The Morgan fingerprint density at radius 2 is 1.75 bits per heavy atom. The first kappa shape index (κ1) is 11.9. The molecule has 0 aliphatic heterocycles. The molecule has 2 rings (SSSR count). The van der Waals surface area contributed by atoms with Gasteiger partial charge in [0, 0.05) is 5.41 Å². The van der Waals surface area contributed by atoms with Crippen molar-refractivity contribution in [3.63, 3.8) is 0 Å². The van der Waals surface area contributed by atoms with Crippen LogP contribution in [0.3, 0.4) is 0 Å². The van der Waals surface area contributed by atoms with Gasteiger partial charge in [-0.3, -0.25) is 4.79 Å². The summed E-state index contributed by atoms with van der Waals surface area (Å²) in [4.78, 5) is 12.3. The van der Waals surface area contributed by atoms with Crippen molar-refractivity contribution in [2.45, 2.75) is 63.8 Å². The Bertz CT molecular complexity index is 260. The van der Waals surface area contributed by atoms with Crippen LogP contribution >= 0.6 is 0 Å². The summed E-state index contributed by atoms with van der Waals surface area (Å²) in [6, 6.07) is 0. The molecular formula is C13H23NO2. The molecule has 2 N–H and O–H groups in total. The van der Waals surface area contributed by atoms with Crippen LogP contribution in [-0.2, 0) is 4.79 Å². The van der Waals surface area contributed by atoms with Crippen LogP contribution in [0.15, 0.2) is 0 Å². The third kappa shape index (κ3) is 2.10. The van der Waals surface area contributed by atoms with E-state index in [2.05, 4.69) is 12.2 Å². The van der Waals surface area contributed by atoms with Gasteiger partial charge < -0.3 is 10.4 Å². The maximum Gasteiger partial charge on any atom is 0.226 e. The Morgan fingerprint density at radius 1 is 1.12 bits per heavy atom. The van der Waals surface area contributed by atoms with E-state index in [0.717, 1.165) is 44.9 Å². The lowest BCUT2D eigenvalue weighted by Gasteiger charge is -2.44. The molecule has 0 heterocycles. The van der Waals surface area contributed by atoms with Gasteiger partial charge in [0.1, 0.15) is 0 Å². The van der Waals surface area contributed by atoms with Crippen LogP contribution in [-0.4, -0.2) is 23.2 Å². The lowest BCUT2D eigenvalue weighted by Crippen LogP contribution is -2.59. The summed E-state index contributed by atoms with van der Waals surface area (Å²) < 4.78 is 0. The minimum absolute atomic E-state index is 0.0921. The van der Waals surface area contributed by atoms with Crippen molar-refractivity contribution in [3.05, 3.63) is 0 Å². The quantitative estimate of drug-likeness (QED) is 0.771. The summed E-state index contributed by atoms with van der Waals surface area (Å²) in [6.45, 7) is 2.17. The first-order valence-corrected chi connectivity index (χ1v) is 6.54. The second kappa shape index (κ2) is 4.36. The molecule has 0 unspecified atom stereocenters. The van der Waals surface area contributed by atoms with Crippen LogP contribution in [0.1, 0.15) is 58.3 Å².